The third-order valence-electron chi connectivity index (χ3n) is 2.35. The summed E-state index contributed by atoms with van der Waals surface area (Å²) < 4.78 is 0. The van der Waals surface area contributed by atoms with E-state index in [0.717, 1.165) is 10.8 Å². The van der Waals surface area contributed by atoms with E-state index >= 15 is 0 Å². The predicted molar refractivity (Wildman–Crippen MR) is 70.3 cm³/mol. The van der Waals surface area contributed by atoms with Crippen molar-refractivity contribution >= 4 is 22.3 Å². The van der Waals surface area contributed by atoms with E-state index in [1.165, 1.54) is 6.92 Å². The van der Waals surface area contributed by atoms with E-state index in [1.807, 2.05) is 44.2 Å². The molecule has 17 heavy (non-hydrogen) atoms. The van der Waals surface area contributed by atoms with Crippen LogP contribution in [0.15, 0.2) is 42.5 Å². The lowest BCUT2D eigenvalue weighted by atomic mass is 10.00. The fraction of sp³-hybridized carbons (Fsp3) is 0.200. The molecule has 0 atom stereocenters. The van der Waals surface area contributed by atoms with Gasteiger partial charge in [-0.15, -0.1) is 0 Å². The molecular formula is C15H16O2. The minimum absolute atomic E-state index is 0.424. The molecule has 2 aromatic carbocycles. The number of hydrogen-bond donors (Lipinski definition) is 0. The second-order valence-electron chi connectivity index (χ2n) is 3.41. The van der Waals surface area contributed by atoms with Crippen LogP contribution < -0.4 is 0 Å². The quantitative estimate of drug-likeness (QED) is 0.581. The highest BCUT2D eigenvalue weighted by molar-refractivity contribution is 6.45. The van der Waals surface area contributed by atoms with Crippen molar-refractivity contribution in [3.63, 3.8) is 0 Å². The average Bonchev–Trinajstić information content (AvgIpc) is 2.39. The Morgan fingerprint density at radius 1 is 0.882 bits per heavy atom. The number of ketones is 2. The van der Waals surface area contributed by atoms with Gasteiger partial charge in [0.15, 0.2) is 5.78 Å². The number of hydrogen-bond acceptors (Lipinski definition) is 2. The lowest BCUT2D eigenvalue weighted by Crippen LogP contribution is -2.09. The molecule has 2 rings (SSSR count). The molecule has 0 aliphatic heterocycles. The van der Waals surface area contributed by atoms with Gasteiger partial charge in [0.1, 0.15) is 0 Å². The molecule has 0 radical (unpaired) electrons. The van der Waals surface area contributed by atoms with Crippen LogP contribution >= 0.6 is 0 Å². The van der Waals surface area contributed by atoms with Crippen molar-refractivity contribution in [1.29, 1.82) is 0 Å². The molecule has 0 aliphatic rings. The third-order valence-corrected chi connectivity index (χ3v) is 2.35. The molecule has 0 aliphatic carbocycles. The van der Waals surface area contributed by atoms with Gasteiger partial charge in [0, 0.05) is 12.5 Å². The average molecular weight is 228 g/mol. The topological polar surface area (TPSA) is 34.1 Å². The Morgan fingerprint density at radius 2 is 1.47 bits per heavy atom. The van der Waals surface area contributed by atoms with Crippen LogP contribution in [0, 0.1) is 0 Å². The van der Waals surface area contributed by atoms with Crippen LogP contribution in [0.1, 0.15) is 31.1 Å². The van der Waals surface area contributed by atoms with Gasteiger partial charge in [-0.1, -0.05) is 56.3 Å². The van der Waals surface area contributed by atoms with Crippen molar-refractivity contribution in [3.05, 3.63) is 48.0 Å². The molecule has 0 fully saturated rings. The van der Waals surface area contributed by atoms with E-state index in [0.29, 0.717) is 5.56 Å². The molecule has 0 amide bonds. The van der Waals surface area contributed by atoms with E-state index in [-0.39, 0.29) is 0 Å². The molecule has 2 nitrogen and oxygen atoms in total. The van der Waals surface area contributed by atoms with E-state index in [9.17, 15) is 9.59 Å². The lowest BCUT2D eigenvalue weighted by Gasteiger charge is -2.02. The standard InChI is InChI=1S/C13H10O2.C2H6/c1-9(14)13(15)12-8-4-6-10-5-2-3-7-11(10)12;1-2/h2-8H,1H3;1-2H3. The highest BCUT2D eigenvalue weighted by Crippen LogP contribution is 2.18. The minimum Gasteiger partial charge on any atom is -0.291 e. The zero-order chi connectivity index (χ0) is 12.8. The lowest BCUT2D eigenvalue weighted by molar-refractivity contribution is -0.113. The van der Waals surface area contributed by atoms with E-state index < -0.39 is 11.6 Å². The summed E-state index contributed by atoms with van der Waals surface area (Å²) in [7, 11) is 0. The summed E-state index contributed by atoms with van der Waals surface area (Å²) >= 11 is 0. The first-order valence-corrected chi connectivity index (χ1v) is 5.73. The first kappa shape index (κ1) is 13.1. The van der Waals surface area contributed by atoms with Gasteiger partial charge in [-0.25, -0.2) is 0 Å². The summed E-state index contributed by atoms with van der Waals surface area (Å²) in [6.07, 6.45) is 0. The molecule has 2 heteroatoms. The van der Waals surface area contributed by atoms with Crippen molar-refractivity contribution in [2.45, 2.75) is 20.8 Å². The predicted octanol–water partition coefficient (Wildman–Crippen LogP) is 3.64. The molecule has 0 heterocycles. The molecule has 0 saturated carbocycles. The van der Waals surface area contributed by atoms with Crippen LogP contribution in [0.3, 0.4) is 0 Å². The van der Waals surface area contributed by atoms with Gasteiger partial charge in [0.2, 0.25) is 5.78 Å². The van der Waals surface area contributed by atoms with Gasteiger partial charge in [-0.2, -0.15) is 0 Å². The molecule has 0 N–H and O–H groups in total. The number of Topliss-reactive ketones (excluding diaryl/α,β-unsaturated/α-hetero) is 2. The summed E-state index contributed by atoms with van der Waals surface area (Å²) in [6.45, 7) is 5.30. The highest BCUT2D eigenvalue weighted by Gasteiger charge is 2.13. The maximum absolute atomic E-state index is 11.6. The first-order chi connectivity index (χ1) is 8.20. The smallest absolute Gasteiger partial charge is 0.228 e. The fourth-order valence-electron chi connectivity index (χ4n) is 1.61. The van der Waals surface area contributed by atoms with Gasteiger partial charge >= 0.3 is 0 Å². The SMILES string of the molecule is CC.CC(=O)C(=O)c1cccc2ccccc12. The minimum atomic E-state index is -0.425. The summed E-state index contributed by atoms with van der Waals surface area (Å²) in [5, 5.41) is 1.81. The Labute approximate surface area is 101 Å². The zero-order valence-electron chi connectivity index (χ0n) is 10.4. The zero-order valence-corrected chi connectivity index (χ0v) is 10.4. The molecule has 0 aromatic heterocycles. The van der Waals surface area contributed by atoms with Crippen LogP contribution in [0.2, 0.25) is 0 Å². The van der Waals surface area contributed by atoms with Gasteiger partial charge < -0.3 is 0 Å². The number of benzene rings is 2. The summed E-state index contributed by atoms with van der Waals surface area (Å²) in [6, 6.07) is 12.9. The monoisotopic (exact) mass is 228 g/mol. The summed E-state index contributed by atoms with van der Waals surface area (Å²) in [5.74, 6) is -0.849. The van der Waals surface area contributed by atoms with Crippen molar-refractivity contribution in [2.75, 3.05) is 0 Å². The van der Waals surface area contributed by atoms with Crippen molar-refractivity contribution < 1.29 is 9.59 Å². The Balaban J connectivity index is 0.000000686. The van der Waals surface area contributed by atoms with Crippen LogP contribution in [0.4, 0.5) is 0 Å². The van der Waals surface area contributed by atoms with Crippen LogP contribution in [-0.4, -0.2) is 11.6 Å². The van der Waals surface area contributed by atoms with Crippen molar-refractivity contribution in [1.82, 2.24) is 0 Å². The van der Waals surface area contributed by atoms with Crippen molar-refractivity contribution in [3.8, 4) is 0 Å². The van der Waals surface area contributed by atoms with Crippen LogP contribution in [0.25, 0.3) is 10.8 Å². The summed E-state index contributed by atoms with van der Waals surface area (Å²) in [5.41, 5.74) is 0.487. The molecule has 2 aromatic rings. The molecule has 0 saturated heterocycles. The fourth-order valence-corrected chi connectivity index (χ4v) is 1.61. The van der Waals surface area contributed by atoms with Crippen LogP contribution in [-0.2, 0) is 4.79 Å². The number of carbonyl (C=O) groups excluding carboxylic acids is 2. The normalized spacial score (nSPS) is 9.35. The number of carbonyl (C=O) groups is 2. The van der Waals surface area contributed by atoms with Gasteiger partial charge in [-0.05, 0) is 10.8 Å². The largest absolute Gasteiger partial charge is 0.291 e. The van der Waals surface area contributed by atoms with Crippen molar-refractivity contribution in [2.24, 2.45) is 0 Å². The second-order valence-corrected chi connectivity index (χ2v) is 3.41. The first-order valence-electron chi connectivity index (χ1n) is 5.73. The molecule has 0 unspecified atom stereocenters. The van der Waals surface area contributed by atoms with Crippen LogP contribution in [0.5, 0.6) is 0 Å². The summed E-state index contributed by atoms with van der Waals surface area (Å²) in [4.78, 5) is 22.6. The second kappa shape index (κ2) is 5.94. The number of rotatable bonds is 2. The molecular weight excluding hydrogens is 212 g/mol. The Morgan fingerprint density at radius 3 is 2.12 bits per heavy atom. The number of fused-ring (bicyclic) bond motifs is 1. The van der Waals surface area contributed by atoms with Gasteiger partial charge in [0.05, 0.1) is 0 Å². The maximum atomic E-state index is 11.6. The van der Waals surface area contributed by atoms with E-state index in [1.54, 1.807) is 12.1 Å². The third kappa shape index (κ3) is 2.78. The highest BCUT2D eigenvalue weighted by atomic mass is 16.2. The van der Waals surface area contributed by atoms with E-state index in [2.05, 4.69) is 0 Å². The maximum Gasteiger partial charge on any atom is 0.228 e. The Bertz CT molecular complexity index is 536. The van der Waals surface area contributed by atoms with E-state index in [4.69, 9.17) is 0 Å². The Hall–Kier alpha value is -1.96. The van der Waals surface area contributed by atoms with Gasteiger partial charge in [-0.3, -0.25) is 9.59 Å². The molecule has 0 bridgehead atoms. The molecule has 0 spiro atoms. The Kier molecular flexibility index (Phi) is 4.58. The van der Waals surface area contributed by atoms with Gasteiger partial charge in [0.25, 0.3) is 0 Å². The molecule has 88 valence electrons.